The van der Waals surface area contributed by atoms with Gasteiger partial charge in [-0.1, -0.05) is 81.8 Å². The van der Waals surface area contributed by atoms with Crippen molar-refractivity contribution in [2.24, 2.45) is 0 Å². The van der Waals surface area contributed by atoms with Gasteiger partial charge in [-0.25, -0.2) is 4.39 Å². The van der Waals surface area contributed by atoms with Crippen LogP contribution in [0.15, 0.2) is 53.7 Å². The molecular formula is C26H30FN5O2S. The van der Waals surface area contributed by atoms with Crippen molar-refractivity contribution in [1.82, 2.24) is 25.6 Å². The molecule has 7 nitrogen and oxygen atoms in total. The molecule has 9 heteroatoms. The lowest BCUT2D eigenvalue weighted by atomic mass is 9.86. The van der Waals surface area contributed by atoms with E-state index < -0.39 is 17.6 Å². The lowest BCUT2D eigenvalue weighted by Crippen LogP contribution is -2.42. The second-order valence-corrected chi connectivity index (χ2v) is 10.7. The molecule has 2 amide bonds. The van der Waals surface area contributed by atoms with E-state index in [1.165, 1.54) is 35.5 Å². The monoisotopic (exact) mass is 495 g/mol. The van der Waals surface area contributed by atoms with Crippen LogP contribution in [-0.4, -0.2) is 32.3 Å². The molecule has 1 fully saturated rings. The van der Waals surface area contributed by atoms with Gasteiger partial charge in [0, 0.05) is 11.6 Å². The summed E-state index contributed by atoms with van der Waals surface area (Å²) in [5.41, 5.74) is 6.77. The molecule has 3 aromatic rings. The average molecular weight is 496 g/mol. The molecule has 0 unspecified atom stereocenters. The molecule has 2 N–H and O–H groups in total. The van der Waals surface area contributed by atoms with Crippen molar-refractivity contribution in [1.29, 1.82) is 0 Å². The Bertz CT molecular complexity index is 1200. The highest BCUT2D eigenvalue weighted by Crippen LogP contribution is 2.37. The predicted octanol–water partition coefficient (Wildman–Crippen LogP) is 5.05. The standard InChI is InChI=1S/C26H30FN5O2S/c1-26(2,3)18-14-12-17(13-15-18)23-29-31-25(32(23)19-8-4-5-9-19)35-16-22(33)28-30-24(34)20-10-6-7-11-21(20)27/h6-7,10-15,19H,4-5,8-9,16H2,1-3H3,(H,28,33)(H,30,34). The smallest absolute Gasteiger partial charge is 0.272 e. The molecule has 0 radical (unpaired) electrons. The van der Waals surface area contributed by atoms with Crippen molar-refractivity contribution < 1.29 is 14.0 Å². The van der Waals surface area contributed by atoms with Gasteiger partial charge in [0.1, 0.15) is 5.82 Å². The molecular weight excluding hydrogens is 465 g/mol. The zero-order valence-corrected chi connectivity index (χ0v) is 21.0. The van der Waals surface area contributed by atoms with Crippen molar-refractivity contribution in [3.63, 3.8) is 0 Å². The van der Waals surface area contributed by atoms with E-state index in [0.717, 1.165) is 37.1 Å². The van der Waals surface area contributed by atoms with Crippen LogP contribution in [0.2, 0.25) is 0 Å². The first-order valence-electron chi connectivity index (χ1n) is 11.8. The third-order valence-electron chi connectivity index (χ3n) is 6.13. The van der Waals surface area contributed by atoms with E-state index in [-0.39, 0.29) is 22.8 Å². The largest absolute Gasteiger partial charge is 0.299 e. The van der Waals surface area contributed by atoms with E-state index >= 15 is 0 Å². The third-order valence-corrected chi connectivity index (χ3v) is 7.07. The van der Waals surface area contributed by atoms with Gasteiger partial charge < -0.3 is 0 Å². The summed E-state index contributed by atoms with van der Waals surface area (Å²) < 4.78 is 15.9. The van der Waals surface area contributed by atoms with Crippen LogP contribution in [0.5, 0.6) is 0 Å². The molecule has 1 heterocycles. The second kappa shape index (κ2) is 10.6. The minimum Gasteiger partial charge on any atom is -0.299 e. The number of hydrazine groups is 1. The van der Waals surface area contributed by atoms with Gasteiger partial charge in [0.15, 0.2) is 11.0 Å². The van der Waals surface area contributed by atoms with Crippen molar-refractivity contribution >= 4 is 23.6 Å². The van der Waals surface area contributed by atoms with Crippen LogP contribution in [0.3, 0.4) is 0 Å². The number of thioether (sulfide) groups is 1. The first-order chi connectivity index (χ1) is 16.7. The number of rotatable bonds is 6. The van der Waals surface area contributed by atoms with Crippen molar-refractivity contribution in [2.75, 3.05) is 5.75 Å². The molecule has 1 aliphatic carbocycles. The number of carbonyl (C=O) groups is 2. The quantitative estimate of drug-likeness (QED) is 0.369. The SMILES string of the molecule is CC(C)(C)c1ccc(-c2nnc(SCC(=O)NNC(=O)c3ccccc3F)n2C2CCCC2)cc1. The molecule has 1 aliphatic rings. The fraction of sp³-hybridized carbons (Fsp3) is 0.385. The molecule has 0 spiro atoms. The lowest BCUT2D eigenvalue weighted by molar-refractivity contribution is -0.119. The molecule has 2 aromatic carbocycles. The summed E-state index contributed by atoms with van der Waals surface area (Å²) in [7, 11) is 0. The maximum atomic E-state index is 13.8. The topological polar surface area (TPSA) is 88.9 Å². The van der Waals surface area contributed by atoms with Gasteiger partial charge in [-0.15, -0.1) is 10.2 Å². The first-order valence-corrected chi connectivity index (χ1v) is 12.7. The summed E-state index contributed by atoms with van der Waals surface area (Å²) in [5.74, 6) is -0.950. The van der Waals surface area contributed by atoms with Crippen molar-refractivity contribution in [3.05, 3.63) is 65.5 Å². The first kappa shape index (κ1) is 24.9. The van der Waals surface area contributed by atoms with Crippen LogP contribution >= 0.6 is 11.8 Å². The van der Waals surface area contributed by atoms with E-state index in [4.69, 9.17) is 0 Å². The summed E-state index contributed by atoms with van der Waals surface area (Å²) in [5, 5.41) is 9.54. The summed E-state index contributed by atoms with van der Waals surface area (Å²) in [6, 6.07) is 14.3. The number of benzene rings is 2. The average Bonchev–Trinajstić information content (AvgIpc) is 3.51. The number of aromatic nitrogens is 3. The van der Waals surface area contributed by atoms with E-state index in [2.05, 4.69) is 70.7 Å². The summed E-state index contributed by atoms with van der Waals surface area (Å²) in [6.07, 6.45) is 4.39. The molecule has 35 heavy (non-hydrogen) atoms. The van der Waals surface area contributed by atoms with Gasteiger partial charge >= 0.3 is 0 Å². The molecule has 0 saturated heterocycles. The molecule has 1 saturated carbocycles. The minimum absolute atomic E-state index is 0.0331. The van der Waals surface area contributed by atoms with E-state index in [0.29, 0.717) is 5.16 Å². The van der Waals surface area contributed by atoms with Crippen LogP contribution in [0.4, 0.5) is 4.39 Å². The van der Waals surface area contributed by atoms with Gasteiger partial charge in [0.2, 0.25) is 5.91 Å². The predicted molar refractivity (Wildman–Crippen MR) is 134 cm³/mol. The van der Waals surface area contributed by atoms with E-state index in [1.807, 2.05) is 0 Å². The molecule has 1 aromatic heterocycles. The summed E-state index contributed by atoms with van der Waals surface area (Å²) >= 11 is 1.27. The number of hydrogen-bond donors (Lipinski definition) is 2. The van der Waals surface area contributed by atoms with E-state index in [9.17, 15) is 14.0 Å². The molecule has 184 valence electrons. The maximum absolute atomic E-state index is 13.8. The minimum atomic E-state index is -0.712. The zero-order valence-electron chi connectivity index (χ0n) is 20.2. The van der Waals surface area contributed by atoms with Crippen LogP contribution in [0.1, 0.15) is 68.4 Å². The third kappa shape index (κ3) is 5.90. The van der Waals surface area contributed by atoms with Crippen molar-refractivity contribution in [3.8, 4) is 11.4 Å². The highest BCUT2D eigenvalue weighted by atomic mass is 32.2. The van der Waals surface area contributed by atoms with Crippen LogP contribution < -0.4 is 10.9 Å². The van der Waals surface area contributed by atoms with Crippen LogP contribution in [-0.2, 0) is 10.2 Å². The normalized spacial score (nSPS) is 14.2. The molecule has 0 bridgehead atoms. The number of amides is 2. The van der Waals surface area contributed by atoms with Gasteiger partial charge in [-0.3, -0.25) is 25.0 Å². The van der Waals surface area contributed by atoms with E-state index in [1.54, 1.807) is 6.07 Å². The Morgan fingerprint density at radius 2 is 1.71 bits per heavy atom. The Morgan fingerprint density at radius 1 is 1.03 bits per heavy atom. The number of carbonyl (C=O) groups excluding carboxylic acids is 2. The Hall–Kier alpha value is -3.20. The Balaban J connectivity index is 1.45. The van der Waals surface area contributed by atoms with Crippen LogP contribution in [0, 0.1) is 5.82 Å². The Kier molecular flexibility index (Phi) is 7.54. The summed E-state index contributed by atoms with van der Waals surface area (Å²) in [6.45, 7) is 6.55. The zero-order chi connectivity index (χ0) is 25.0. The van der Waals surface area contributed by atoms with Gasteiger partial charge in [0.25, 0.3) is 5.91 Å². The van der Waals surface area contributed by atoms with Crippen molar-refractivity contribution in [2.45, 2.75) is 63.1 Å². The van der Waals surface area contributed by atoms with Crippen LogP contribution in [0.25, 0.3) is 11.4 Å². The van der Waals surface area contributed by atoms with Gasteiger partial charge in [-0.2, -0.15) is 0 Å². The number of hydrogen-bond acceptors (Lipinski definition) is 5. The Labute approximate surface area is 208 Å². The maximum Gasteiger partial charge on any atom is 0.272 e. The fourth-order valence-electron chi connectivity index (χ4n) is 4.19. The van der Waals surface area contributed by atoms with Gasteiger partial charge in [-0.05, 0) is 36.0 Å². The number of nitrogens with zero attached hydrogens (tertiary/aromatic N) is 3. The highest BCUT2D eigenvalue weighted by molar-refractivity contribution is 7.99. The molecule has 0 atom stereocenters. The molecule has 0 aliphatic heterocycles. The second-order valence-electron chi connectivity index (χ2n) is 9.71. The molecule has 4 rings (SSSR count). The highest BCUT2D eigenvalue weighted by Gasteiger charge is 2.26. The van der Waals surface area contributed by atoms with Gasteiger partial charge in [0.05, 0.1) is 11.3 Å². The summed E-state index contributed by atoms with van der Waals surface area (Å²) in [4.78, 5) is 24.5. The Morgan fingerprint density at radius 3 is 2.37 bits per heavy atom. The number of nitrogens with one attached hydrogen (secondary N) is 2. The fourth-order valence-corrected chi connectivity index (χ4v) is 4.99. The number of halogens is 1. The lowest BCUT2D eigenvalue weighted by Gasteiger charge is -2.20.